The third-order valence-corrected chi connectivity index (χ3v) is 4.19. The Labute approximate surface area is 135 Å². The van der Waals surface area contributed by atoms with Gasteiger partial charge in [-0.1, -0.05) is 37.9 Å². The van der Waals surface area contributed by atoms with Crippen LogP contribution in [0.1, 0.15) is 18.4 Å². The van der Waals surface area contributed by atoms with E-state index in [0.717, 1.165) is 34.0 Å². The molecular weight excluding hydrogens is 382 g/mol. The van der Waals surface area contributed by atoms with Gasteiger partial charge in [0.2, 0.25) is 5.88 Å². The number of pyridine rings is 1. The molecule has 0 fully saturated rings. The molecule has 1 aliphatic carbocycles. The average molecular weight is 395 g/mol. The van der Waals surface area contributed by atoms with E-state index in [1.807, 2.05) is 18.2 Å². The first-order valence-corrected chi connectivity index (χ1v) is 8.36. The molecule has 0 saturated carbocycles. The lowest BCUT2D eigenvalue weighted by atomic mass is 9.99. The Morgan fingerprint density at radius 3 is 3.10 bits per heavy atom. The summed E-state index contributed by atoms with van der Waals surface area (Å²) < 4.78 is 7.15. The molecule has 0 saturated heterocycles. The highest BCUT2D eigenvalue weighted by atomic mass is 79.9. The summed E-state index contributed by atoms with van der Waals surface area (Å²) in [5.41, 5.74) is 3.40. The maximum absolute atomic E-state index is 5.98. The lowest BCUT2D eigenvalue weighted by Crippen LogP contribution is -2.02. The lowest BCUT2D eigenvalue weighted by molar-refractivity contribution is 0.416. The number of alkyl halides is 1. The number of hydrogen-bond donors (Lipinski definition) is 0. The standard InChI is InChI=1S/C16H13Br2NO/c17-7-1-3-11-9-12-10-13(18)5-6-15(12)20-16-14(11)4-2-8-19-16/h2-6,8-9H,1,7,10H2. The summed E-state index contributed by atoms with van der Waals surface area (Å²) in [6.45, 7) is 0. The van der Waals surface area contributed by atoms with Gasteiger partial charge in [-0.2, -0.15) is 0 Å². The SMILES string of the molecule is BrCCC=C1C=C2CC(Br)=CC=C2Oc2ncccc21. The van der Waals surface area contributed by atoms with Crippen LogP contribution in [0.25, 0.3) is 5.57 Å². The van der Waals surface area contributed by atoms with Crippen LogP contribution in [0.2, 0.25) is 0 Å². The fourth-order valence-electron chi connectivity index (χ4n) is 2.26. The molecule has 0 amide bonds. The summed E-state index contributed by atoms with van der Waals surface area (Å²) in [5, 5.41) is 0.947. The van der Waals surface area contributed by atoms with Crippen molar-refractivity contribution in [3.05, 3.63) is 64.0 Å². The van der Waals surface area contributed by atoms with E-state index in [-0.39, 0.29) is 0 Å². The van der Waals surface area contributed by atoms with Crippen LogP contribution in [-0.4, -0.2) is 10.3 Å². The second kappa shape index (κ2) is 6.10. The summed E-state index contributed by atoms with van der Waals surface area (Å²) >= 11 is 7.04. The van der Waals surface area contributed by atoms with Crippen LogP contribution < -0.4 is 4.74 Å². The first-order chi connectivity index (χ1) is 9.78. The van der Waals surface area contributed by atoms with Gasteiger partial charge in [0.25, 0.3) is 0 Å². The van der Waals surface area contributed by atoms with Gasteiger partial charge in [0.1, 0.15) is 5.76 Å². The van der Waals surface area contributed by atoms with Crippen molar-refractivity contribution in [3.63, 3.8) is 0 Å². The number of halogens is 2. The van der Waals surface area contributed by atoms with Crippen molar-refractivity contribution >= 4 is 37.4 Å². The van der Waals surface area contributed by atoms with E-state index in [0.29, 0.717) is 5.88 Å². The third kappa shape index (κ3) is 2.81. The molecule has 0 radical (unpaired) electrons. The molecule has 4 heteroatoms. The molecule has 1 aliphatic heterocycles. The summed E-state index contributed by atoms with van der Waals surface area (Å²) in [6.07, 6.45) is 12.0. The van der Waals surface area contributed by atoms with Gasteiger partial charge >= 0.3 is 0 Å². The minimum atomic E-state index is 0.678. The van der Waals surface area contributed by atoms with E-state index in [1.165, 1.54) is 11.1 Å². The van der Waals surface area contributed by atoms with Gasteiger partial charge in [-0.25, -0.2) is 4.98 Å². The number of aromatic nitrogens is 1. The molecule has 1 aromatic rings. The van der Waals surface area contributed by atoms with Crippen LogP contribution in [-0.2, 0) is 0 Å². The van der Waals surface area contributed by atoms with E-state index < -0.39 is 0 Å². The first-order valence-electron chi connectivity index (χ1n) is 6.44. The predicted octanol–water partition coefficient (Wildman–Crippen LogP) is 5.14. The largest absolute Gasteiger partial charge is 0.438 e. The molecule has 0 atom stereocenters. The van der Waals surface area contributed by atoms with E-state index in [2.05, 4.69) is 55.1 Å². The highest BCUT2D eigenvalue weighted by molar-refractivity contribution is 9.11. The Kier molecular flexibility index (Phi) is 4.22. The van der Waals surface area contributed by atoms with Crippen molar-refractivity contribution in [3.8, 4) is 5.88 Å². The number of nitrogens with zero attached hydrogens (tertiary/aromatic N) is 1. The number of ether oxygens (including phenoxy) is 1. The molecule has 2 nitrogen and oxygen atoms in total. The van der Waals surface area contributed by atoms with Crippen molar-refractivity contribution < 1.29 is 4.74 Å². The zero-order valence-electron chi connectivity index (χ0n) is 10.8. The Hall–Kier alpha value is -1.13. The van der Waals surface area contributed by atoms with E-state index in [4.69, 9.17) is 4.74 Å². The van der Waals surface area contributed by atoms with Gasteiger partial charge in [0, 0.05) is 29.1 Å². The topological polar surface area (TPSA) is 22.1 Å². The highest BCUT2D eigenvalue weighted by Gasteiger charge is 2.21. The molecule has 0 aromatic carbocycles. The molecule has 0 N–H and O–H groups in total. The minimum absolute atomic E-state index is 0.678. The zero-order valence-corrected chi connectivity index (χ0v) is 13.9. The molecule has 0 unspecified atom stereocenters. The lowest BCUT2D eigenvalue weighted by Gasteiger charge is -2.14. The van der Waals surface area contributed by atoms with E-state index in [9.17, 15) is 0 Å². The van der Waals surface area contributed by atoms with Crippen LogP contribution in [0.5, 0.6) is 5.88 Å². The van der Waals surface area contributed by atoms with Crippen LogP contribution in [0, 0.1) is 0 Å². The van der Waals surface area contributed by atoms with Gasteiger partial charge in [0.05, 0.1) is 0 Å². The molecule has 0 spiro atoms. The smallest absolute Gasteiger partial charge is 0.227 e. The maximum Gasteiger partial charge on any atom is 0.227 e. The fraction of sp³-hybridized carbons (Fsp3) is 0.188. The van der Waals surface area contributed by atoms with Crippen LogP contribution >= 0.6 is 31.9 Å². The summed E-state index contributed by atoms with van der Waals surface area (Å²) in [6, 6.07) is 4.00. The summed E-state index contributed by atoms with van der Waals surface area (Å²) in [7, 11) is 0. The highest BCUT2D eigenvalue weighted by Crippen LogP contribution is 2.37. The van der Waals surface area contributed by atoms with Gasteiger partial charge in [-0.3, -0.25) is 0 Å². The molecule has 2 aliphatic rings. The van der Waals surface area contributed by atoms with Crippen molar-refractivity contribution in [2.75, 3.05) is 5.33 Å². The fourth-order valence-corrected chi connectivity index (χ4v) is 2.93. The van der Waals surface area contributed by atoms with Gasteiger partial charge < -0.3 is 4.74 Å². The van der Waals surface area contributed by atoms with Gasteiger partial charge in [-0.15, -0.1) is 0 Å². The molecular formula is C16H13Br2NO. The summed E-state index contributed by atoms with van der Waals surface area (Å²) in [4.78, 5) is 4.37. The molecule has 2 heterocycles. The molecule has 0 bridgehead atoms. The first kappa shape index (κ1) is 13.8. The molecule has 20 heavy (non-hydrogen) atoms. The molecule has 1 aromatic heterocycles. The third-order valence-electron chi connectivity index (χ3n) is 3.18. The van der Waals surface area contributed by atoms with Gasteiger partial charge in [-0.05, 0) is 46.8 Å². The van der Waals surface area contributed by atoms with Crippen LogP contribution in [0.4, 0.5) is 0 Å². The van der Waals surface area contributed by atoms with E-state index >= 15 is 0 Å². The van der Waals surface area contributed by atoms with Crippen molar-refractivity contribution in [1.29, 1.82) is 0 Å². The Balaban J connectivity index is 2.11. The second-order valence-electron chi connectivity index (χ2n) is 4.59. The number of allylic oxidation sites excluding steroid dienone is 7. The van der Waals surface area contributed by atoms with Crippen LogP contribution in [0.3, 0.4) is 0 Å². The Morgan fingerprint density at radius 1 is 1.35 bits per heavy atom. The van der Waals surface area contributed by atoms with Crippen LogP contribution in [0.15, 0.2) is 58.4 Å². The predicted molar refractivity (Wildman–Crippen MR) is 89.0 cm³/mol. The van der Waals surface area contributed by atoms with Crippen molar-refractivity contribution in [2.24, 2.45) is 0 Å². The molecule has 3 rings (SSSR count). The summed E-state index contributed by atoms with van der Waals surface area (Å²) in [5.74, 6) is 1.56. The quantitative estimate of drug-likeness (QED) is 0.648. The Morgan fingerprint density at radius 2 is 2.25 bits per heavy atom. The molecule has 102 valence electrons. The second-order valence-corrected chi connectivity index (χ2v) is 6.40. The Bertz CT molecular complexity index is 656. The normalized spacial score (nSPS) is 19.1. The average Bonchev–Trinajstić information content (AvgIpc) is 2.61. The van der Waals surface area contributed by atoms with Gasteiger partial charge in [0.15, 0.2) is 0 Å². The minimum Gasteiger partial charge on any atom is -0.438 e. The van der Waals surface area contributed by atoms with Crippen molar-refractivity contribution in [1.82, 2.24) is 4.98 Å². The number of rotatable bonds is 2. The van der Waals surface area contributed by atoms with E-state index in [1.54, 1.807) is 6.20 Å². The monoisotopic (exact) mass is 393 g/mol. The van der Waals surface area contributed by atoms with Crippen molar-refractivity contribution in [2.45, 2.75) is 12.8 Å². The zero-order chi connectivity index (χ0) is 13.9. The maximum atomic E-state index is 5.98. The number of fused-ring (bicyclic) bond motifs is 2. The number of hydrogen-bond acceptors (Lipinski definition) is 2.